The maximum absolute atomic E-state index is 12.4. The summed E-state index contributed by atoms with van der Waals surface area (Å²) < 4.78 is 5.56. The van der Waals surface area contributed by atoms with Crippen molar-refractivity contribution < 1.29 is 19.4 Å². The number of fused-ring (bicyclic) bond motifs is 1. The summed E-state index contributed by atoms with van der Waals surface area (Å²) in [7, 11) is 0. The highest BCUT2D eigenvalue weighted by Gasteiger charge is 2.35. The van der Waals surface area contributed by atoms with Crippen molar-refractivity contribution >= 4 is 11.9 Å². The van der Waals surface area contributed by atoms with Gasteiger partial charge < -0.3 is 19.7 Å². The van der Waals surface area contributed by atoms with Crippen molar-refractivity contribution in [3.05, 3.63) is 48.0 Å². The van der Waals surface area contributed by atoms with Crippen LogP contribution in [0, 0.1) is 0 Å². The molecule has 0 unspecified atom stereocenters. The number of rotatable bonds is 6. The number of nitrogens with zero attached hydrogens (tertiary/aromatic N) is 2. The van der Waals surface area contributed by atoms with E-state index in [9.17, 15) is 14.7 Å². The van der Waals surface area contributed by atoms with Crippen molar-refractivity contribution in [3.8, 4) is 5.75 Å². The number of H-pyrrole nitrogens is 1. The number of carbonyl (C=O) groups excluding carboxylic acids is 1. The summed E-state index contributed by atoms with van der Waals surface area (Å²) in [6.45, 7) is 0.668. The van der Waals surface area contributed by atoms with Gasteiger partial charge in [-0.05, 0) is 18.6 Å². The molecule has 126 valence electrons. The summed E-state index contributed by atoms with van der Waals surface area (Å²) in [6.07, 6.45) is 2.55. The van der Waals surface area contributed by atoms with E-state index >= 15 is 0 Å². The molecule has 0 radical (unpaired) electrons. The highest BCUT2D eigenvalue weighted by atomic mass is 16.5. The number of amides is 1. The van der Waals surface area contributed by atoms with E-state index in [0.717, 1.165) is 17.1 Å². The number of aromatic nitrogens is 2. The molecular formula is C17H19N3O4. The minimum absolute atomic E-state index is 0.181. The van der Waals surface area contributed by atoms with Crippen LogP contribution in [0.1, 0.15) is 24.2 Å². The summed E-state index contributed by atoms with van der Waals surface area (Å²) in [4.78, 5) is 32.4. The summed E-state index contributed by atoms with van der Waals surface area (Å²) in [5.74, 6) is -0.426. The monoisotopic (exact) mass is 329 g/mol. The van der Waals surface area contributed by atoms with Crippen LogP contribution in [0.4, 0.5) is 0 Å². The standard InChI is InChI=1S/C17H19N3O4/c21-16(7-4-8-24-12-5-2-1-3-6-12)20-10-14-13(18-11-19-14)9-15(20)17(22)23/h1-3,5-6,11,15H,4,7-10H2,(H,18,19)(H,22,23)/t15-/m0/s1. The summed E-state index contributed by atoms with van der Waals surface area (Å²) in [5, 5.41) is 9.38. The van der Waals surface area contributed by atoms with Gasteiger partial charge in [0.15, 0.2) is 0 Å². The first kappa shape index (κ1) is 16.0. The Morgan fingerprint density at radius 3 is 2.88 bits per heavy atom. The lowest BCUT2D eigenvalue weighted by Gasteiger charge is -2.32. The Bertz CT molecular complexity index is 714. The molecule has 0 aliphatic carbocycles. The molecule has 2 heterocycles. The Hall–Kier alpha value is -2.83. The number of para-hydroxylation sites is 1. The predicted octanol–water partition coefficient (Wildman–Crippen LogP) is 1.61. The van der Waals surface area contributed by atoms with Crippen molar-refractivity contribution in [1.29, 1.82) is 0 Å². The first-order valence-electron chi connectivity index (χ1n) is 7.86. The molecule has 0 saturated heterocycles. The van der Waals surface area contributed by atoms with Crippen LogP contribution in [0.15, 0.2) is 36.7 Å². The third-order valence-electron chi connectivity index (χ3n) is 4.05. The van der Waals surface area contributed by atoms with Gasteiger partial charge >= 0.3 is 5.97 Å². The number of hydrogen-bond donors (Lipinski definition) is 2. The molecule has 0 spiro atoms. The molecule has 1 amide bonds. The average molecular weight is 329 g/mol. The quantitative estimate of drug-likeness (QED) is 0.785. The van der Waals surface area contributed by atoms with Gasteiger partial charge in [-0.15, -0.1) is 0 Å². The molecule has 1 aromatic carbocycles. The molecule has 1 aliphatic heterocycles. The molecule has 1 atom stereocenters. The lowest BCUT2D eigenvalue weighted by molar-refractivity contribution is -0.151. The van der Waals surface area contributed by atoms with Gasteiger partial charge in [-0.3, -0.25) is 4.79 Å². The largest absolute Gasteiger partial charge is 0.494 e. The van der Waals surface area contributed by atoms with Gasteiger partial charge in [0.1, 0.15) is 11.8 Å². The first-order valence-corrected chi connectivity index (χ1v) is 7.86. The number of aliphatic carboxylic acids is 1. The van der Waals surface area contributed by atoms with E-state index in [2.05, 4.69) is 9.97 Å². The van der Waals surface area contributed by atoms with E-state index in [0.29, 0.717) is 13.0 Å². The zero-order chi connectivity index (χ0) is 16.9. The predicted molar refractivity (Wildman–Crippen MR) is 85.4 cm³/mol. The number of ether oxygens (including phenoxy) is 1. The van der Waals surface area contributed by atoms with Gasteiger partial charge in [0.05, 0.1) is 30.9 Å². The Labute approximate surface area is 139 Å². The van der Waals surface area contributed by atoms with Crippen molar-refractivity contribution in [2.45, 2.75) is 31.8 Å². The van der Waals surface area contributed by atoms with Crippen LogP contribution < -0.4 is 4.74 Å². The Morgan fingerprint density at radius 1 is 1.33 bits per heavy atom. The number of carboxylic acids is 1. The Balaban J connectivity index is 1.54. The number of carboxylic acid groups (broad SMARTS) is 1. The van der Waals surface area contributed by atoms with Crippen molar-refractivity contribution in [1.82, 2.24) is 14.9 Å². The van der Waals surface area contributed by atoms with Gasteiger partial charge in [-0.25, -0.2) is 9.78 Å². The highest BCUT2D eigenvalue weighted by molar-refractivity contribution is 5.84. The molecular weight excluding hydrogens is 310 g/mol. The molecule has 7 nitrogen and oxygen atoms in total. The normalized spacial score (nSPS) is 16.5. The van der Waals surface area contributed by atoms with E-state index in [-0.39, 0.29) is 25.3 Å². The van der Waals surface area contributed by atoms with Crippen LogP contribution >= 0.6 is 0 Å². The van der Waals surface area contributed by atoms with Crippen molar-refractivity contribution in [2.24, 2.45) is 0 Å². The fraction of sp³-hybridized carbons (Fsp3) is 0.353. The number of hydrogen-bond acceptors (Lipinski definition) is 4. The lowest BCUT2D eigenvalue weighted by Crippen LogP contribution is -2.48. The number of benzene rings is 1. The summed E-state index contributed by atoms with van der Waals surface area (Å²) in [5.41, 5.74) is 1.53. The van der Waals surface area contributed by atoms with Gasteiger partial charge in [-0.2, -0.15) is 0 Å². The van der Waals surface area contributed by atoms with Gasteiger partial charge in [-0.1, -0.05) is 18.2 Å². The Morgan fingerprint density at radius 2 is 2.12 bits per heavy atom. The van der Waals surface area contributed by atoms with Gasteiger partial charge in [0.2, 0.25) is 5.91 Å². The number of aromatic amines is 1. The van der Waals surface area contributed by atoms with Crippen LogP contribution in [0.2, 0.25) is 0 Å². The molecule has 0 saturated carbocycles. The van der Waals surface area contributed by atoms with E-state index in [1.54, 1.807) is 0 Å². The van der Waals surface area contributed by atoms with Crippen LogP contribution in [0.3, 0.4) is 0 Å². The van der Waals surface area contributed by atoms with Crippen molar-refractivity contribution in [3.63, 3.8) is 0 Å². The van der Waals surface area contributed by atoms with Gasteiger partial charge in [0, 0.05) is 12.8 Å². The van der Waals surface area contributed by atoms with Crippen molar-refractivity contribution in [2.75, 3.05) is 6.61 Å². The van der Waals surface area contributed by atoms with E-state index in [1.165, 1.54) is 11.2 Å². The number of imidazole rings is 1. The molecule has 2 N–H and O–H groups in total. The molecule has 1 aromatic heterocycles. The number of carbonyl (C=O) groups is 2. The Kier molecular flexibility index (Phi) is 4.79. The van der Waals surface area contributed by atoms with E-state index in [1.807, 2.05) is 30.3 Å². The molecule has 3 rings (SSSR count). The molecule has 7 heteroatoms. The van der Waals surface area contributed by atoms with Crippen LogP contribution in [-0.4, -0.2) is 44.5 Å². The average Bonchev–Trinajstić information content (AvgIpc) is 3.05. The summed E-state index contributed by atoms with van der Waals surface area (Å²) >= 11 is 0. The zero-order valence-corrected chi connectivity index (χ0v) is 13.1. The third-order valence-corrected chi connectivity index (χ3v) is 4.05. The fourth-order valence-corrected chi connectivity index (χ4v) is 2.79. The van der Waals surface area contributed by atoms with Crippen LogP contribution in [0.5, 0.6) is 5.75 Å². The van der Waals surface area contributed by atoms with E-state index < -0.39 is 12.0 Å². The molecule has 24 heavy (non-hydrogen) atoms. The second-order valence-electron chi connectivity index (χ2n) is 5.67. The van der Waals surface area contributed by atoms with Gasteiger partial charge in [0.25, 0.3) is 0 Å². The van der Waals surface area contributed by atoms with E-state index in [4.69, 9.17) is 4.74 Å². The maximum Gasteiger partial charge on any atom is 0.326 e. The van der Waals surface area contributed by atoms with Crippen LogP contribution in [-0.2, 0) is 22.6 Å². The fourth-order valence-electron chi connectivity index (χ4n) is 2.79. The summed E-state index contributed by atoms with van der Waals surface area (Å²) in [6, 6.07) is 8.52. The SMILES string of the molecule is O=C(O)[C@@H]1Cc2nc[nH]c2CN1C(=O)CCCOc1ccccc1. The second kappa shape index (κ2) is 7.16. The van der Waals surface area contributed by atoms with Crippen LogP contribution in [0.25, 0.3) is 0 Å². The minimum Gasteiger partial charge on any atom is -0.494 e. The minimum atomic E-state index is -1.00. The zero-order valence-electron chi connectivity index (χ0n) is 13.1. The molecule has 2 aromatic rings. The second-order valence-corrected chi connectivity index (χ2v) is 5.67. The smallest absolute Gasteiger partial charge is 0.326 e. The molecule has 0 bridgehead atoms. The number of nitrogens with one attached hydrogen (secondary N) is 1. The highest BCUT2D eigenvalue weighted by Crippen LogP contribution is 2.22. The molecule has 1 aliphatic rings. The third kappa shape index (κ3) is 3.56. The topological polar surface area (TPSA) is 95.5 Å². The molecule has 0 fully saturated rings. The first-order chi connectivity index (χ1) is 11.6. The maximum atomic E-state index is 12.4. The lowest BCUT2D eigenvalue weighted by atomic mass is 10.0.